The van der Waals surface area contributed by atoms with Gasteiger partial charge in [-0.25, -0.2) is 0 Å². The van der Waals surface area contributed by atoms with Gasteiger partial charge in [-0.3, -0.25) is 9.48 Å². The fourth-order valence-electron chi connectivity index (χ4n) is 1.61. The largest absolute Gasteiger partial charge is 0.370 e. The lowest BCUT2D eigenvalue weighted by Gasteiger charge is -2.11. The maximum absolute atomic E-state index is 12.0. The Morgan fingerprint density at radius 1 is 1.50 bits per heavy atom. The number of nitrogens with zero attached hydrogens (tertiary/aromatic N) is 2. The van der Waals surface area contributed by atoms with E-state index in [0.29, 0.717) is 18.6 Å². The summed E-state index contributed by atoms with van der Waals surface area (Å²) >= 11 is 0. The van der Waals surface area contributed by atoms with Crippen molar-refractivity contribution in [2.45, 2.75) is 46.3 Å². The second kappa shape index (κ2) is 6.43. The number of Topliss-reactive ketones (excluding diaryl/α,β-unsaturated/α-hetero) is 1. The van der Waals surface area contributed by atoms with Crippen LogP contribution in [0.3, 0.4) is 0 Å². The van der Waals surface area contributed by atoms with Crippen LogP contribution in [-0.2, 0) is 11.3 Å². The van der Waals surface area contributed by atoms with Crippen molar-refractivity contribution >= 4 is 5.78 Å². The summed E-state index contributed by atoms with van der Waals surface area (Å²) in [6.45, 7) is 7.34. The molecule has 0 aromatic carbocycles. The molecule has 0 aliphatic heterocycles. The number of aryl methyl sites for hydroxylation is 1. The van der Waals surface area contributed by atoms with E-state index in [1.807, 2.05) is 13.8 Å². The Kier molecular flexibility index (Phi) is 5.19. The minimum absolute atomic E-state index is 0.0340. The molecular weight excluding hydrogens is 204 g/mol. The van der Waals surface area contributed by atoms with Gasteiger partial charge in [-0.05, 0) is 19.8 Å². The van der Waals surface area contributed by atoms with Gasteiger partial charge in [0.15, 0.2) is 5.78 Å². The summed E-state index contributed by atoms with van der Waals surface area (Å²) < 4.78 is 7.19. The molecular formula is C12H20N2O2. The summed E-state index contributed by atoms with van der Waals surface area (Å²) in [5.41, 5.74) is 0.647. The minimum atomic E-state index is -0.329. The second-order valence-electron chi connectivity index (χ2n) is 3.71. The number of ether oxygens (including phenoxy) is 1. The molecule has 0 fully saturated rings. The molecule has 0 radical (unpaired) electrons. The second-order valence-corrected chi connectivity index (χ2v) is 3.71. The third kappa shape index (κ3) is 3.17. The molecule has 0 bridgehead atoms. The lowest BCUT2D eigenvalue weighted by atomic mass is 10.1. The molecule has 0 aliphatic carbocycles. The molecule has 1 rings (SSSR count). The van der Waals surface area contributed by atoms with E-state index in [9.17, 15) is 4.79 Å². The van der Waals surface area contributed by atoms with Gasteiger partial charge < -0.3 is 4.74 Å². The van der Waals surface area contributed by atoms with Gasteiger partial charge >= 0.3 is 0 Å². The van der Waals surface area contributed by atoms with Crippen LogP contribution >= 0.6 is 0 Å². The third-order valence-corrected chi connectivity index (χ3v) is 2.40. The van der Waals surface area contributed by atoms with Crippen LogP contribution in [0.4, 0.5) is 0 Å². The maximum atomic E-state index is 12.0. The zero-order chi connectivity index (χ0) is 12.0. The van der Waals surface area contributed by atoms with E-state index in [1.165, 1.54) is 0 Å². The van der Waals surface area contributed by atoms with E-state index >= 15 is 0 Å². The highest BCUT2D eigenvalue weighted by molar-refractivity contribution is 5.99. The maximum Gasteiger partial charge on any atom is 0.194 e. The van der Waals surface area contributed by atoms with Crippen molar-refractivity contribution in [3.8, 4) is 0 Å². The summed E-state index contributed by atoms with van der Waals surface area (Å²) in [7, 11) is 0. The smallest absolute Gasteiger partial charge is 0.194 e. The molecule has 1 unspecified atom stereocenters. The summed E-state index contributed by atoms with van der Waals surface area (Å²) in [4.78, 5) is 12.0. The Morgan fingerprint density at radius 2 is 2.25 bits per heavy atom. The van der Waals surface area contributed by atoms with Gasteiger partial charge in [0.05, 0.1) is 11.8 Å². The van der Waals surface area contributed by atoms with Crippen LogP contribution in [0.25, 0.3) is 0 Å². The van der Waals surface area contributed by atoms with E-state index in [4.69, 9.17) is 4.74 Å². The van der Waals surface area contributed by atoms with E-state index in [1.54, 1.807) is 17.1 Å². The highest BCUT2D eigenvalue weighted by Gasteiger charge is 2.19. The monoisotopic (exact) mass is 224 g/mol. The van der Waals surface area contributed by atoms with Crippen LogP contribution < -0.4 is 0 Å². The zero-order valence-corrected chi connectivity index (χ0v) is 10.3. The number of hydrogen-bond donors (Lipinski definition) is 0. The van der Waals surface area contributed by atoms with Gasteiger partial charge in [-0.1, -0.05) is 13.8 Å². The van der Waals surface area contributed by atoms with Crippen molar-refractivity contribution < 1.29 is 9.53 Å². The van der Waals surface area contributed by atoms with Crippen LogP contribution in [0.2, 0.25) is 0 Å². The third-order valence-electron chi connectivity index (χ3n) is 2.40. The Morgan fingerprint density at radius 3 is 2.81 bits per heavy atom. The first-order valence-electron chi connectivity index (χ1n) is 5.91. The molecule has 16 heavy (non-hydrogen) atoms. The van der Waals surface area contributed by atoms with Crippen LogP contribution in [0.15, 0.2) is 12.4 Å². The molecule has 1 heterocycles. The van der Waals surface area contributed by atoms with Crippen LogP contribution in [0, 0.1) is 0 Å². The number of aromatic nitrogens is 2. The van der Waals surface area contributed by atoms with Gasteiger partial charge in [0.2, 0.25) is 0 Å². The predicted octanol–water partition coefficient (Wildman–Crippen LogP) is 2.29. The summed E-state index contributed by atoms with van der Waals surface area (Å²) in [5, 5.41) is 4.14. The van der Waals surface area contributed by atoms with Crippen molar-refractivity contribution in [3.63, 3.8) is 0 Å². The van der Waals surface area contributed by atoms with Crippen molar-refractivity contribution in [2.24, 2.45) is 0 Å². The van der Waals surface area contributed by atoms with Gasteiger partial charge in [-0.2, -0.15) is 5.10 Å². The summed E-state index contributed by atoms with van der Waals surface area (Å²) in [6, 6.07) is 0. The SMILES string of the molecule is CCCn1cc(C(=O)C(CC)OCC)cn1. The van der Waals surface area contributed by atoms with E-state index in [-0.39, 0.29) is 11.9 Å². The highest BCUT2D eigenvalue weighted by atomic mass is 16.5. The predicted molar refractivity (Wildman–Crippen MR) is 62.6 cm³/mol. The number of hydrogen-bond acceptors (Lipinski definition) is 3. The Bertz CT molecular complexity index is 334. The van der Waals surface area contributed by atoms with E-state index in [2.05, 4.69) is 12.0 Å². The quantitative estimate of drug-likeness (QED) is 0.667. The Hall–Kier alpha value is -1.16. The molecule has 4 heteroatoms. The first-order valence-corrected chi connectivity index (χ1v) is 5.91. The van der Waals surface area contributed by atoms with Gasteiger partial charge in [0.1, 0.15) is 6.10 Å². The molecule has 1 atom stereocenters. The molecule has 0 N–H and O–H groups in total. The van der Waals surface area contributed by atoms with Crippen LogP contribution in [0.1, 0.15) is 44.0 Å². The first kappa shape index (κ1) is 12.9. The van der Waals surface area contributed by atoms with Crippen LogP contribution in [0.5, 0.6) is 0 Å². The molecule has 0 saturated carbocycles. The van der Waals surface area contributed by atoms with Gasteiger partial charge in [0, 0.05) is 19.3 Å². The van der Waals surface area contributed by atoms with Gasteiger partial charge in [-0.15, -0.1) is 0 Å². The molecule has 0 saturated heterocycles. The highest BCUT2D eigenvalue weighted by Crippen LogP contribution is 2.09. The Labute approximate surface area is 96.6 Å². The van der Waals surface area contributed by atoms with Crippen molar-refractivity contribution in [3.05, 3.63) is 18.0 Å². The topological polar surface area (TPSA) is 44.1 Å². The molecule has 1 aromatic heterocycles. The van der Waals surface area contributed by atoms with Gasteiger partial charge in [0.25, 0.3) is 0 Å². The Balaban J connectivity index is 2.70. The van der Waals surface area contributed by atoms with Crippen molar-refractivity contribution in [2.75, 3.05) is 6.61 Å². The van der Waals surface area contributed by atoms with Crippen molar-refractivity contribution in [1.82, 2.24) is 9.78 Å². The molecule has 1 aromatic rings. The normalized spacial score (nSPS) is 12.7. The van der Waals surface area contributed by atoms with Crippen molar-refractivity contribution in [1.29, 1.82) is 0 Å². The average Bonchev–Trinajstić information content (AvgIpc) is 2.74. The first-order chi connectivity index (χ1) is 7.72. The summed E-state index contributed by atoms with van der Waals surface area (Å²) in [6.07, 6.45) is 4.81. The average molecular weight is 224 g/mol. The minimum Gasteiger partial charge on any atom is -0.370 e. The molecule has 0 spiro atoms. The molecule has 0 aliphatic rings. The molecule has 0 amide bonds. The number of ketones is 1. The van der Waals surface area contributed by atoms with Crippen LogP contribution in [-0.4, -0.2) is 28.3 Å². The van der Waals surface area contributed by atoms with E-state index in [0.717, 1.165) is 13.0 Å². The lowest BCUT2D eigenvalue weighted by molar-refractivity contribution is 0.0444. The number of carbonyl (C=O) groups excluding carboxylic acids is 1. The summed E-state index contributed by atoms with van der Waals surface area (Å²) in [5.74, 6) is 0.0340. The lowest BCUT2D eigenvalue weighted by Crippen LogP contribution is -2.23. The van der Waals surface area contributed by atoms with E-state index < -0.39 is 0 Å². The molecule has 4 nitrogen and oxygen atoms in total. The molecule has 90 valence electrons. The zero-order valence-electron chi connectivity index (χ0n) is 10.3. The number of carbonyl (C=O) groups is 1. The fraction of sp³-hybridized carbons (Fsp3) is 0.667. The standard InChI is InChI=1S/C12H20N2O2/c1-4-7-14-9-10(8-13-14)12(15)11(5-2)16-6-3/h8-9,11H,4-7H2,1-3H3. The number of rotatable bonds is 7. The fourth-order valence-corrected chi connectivity index (χ4v) is 1.61.